The molecule has 0 radical (unpaired) electrons. The zero-order valence-corrected chi connectivity index (χ0v) is 18.7. The van der Waals surface area contributed by atoms with Gasteiger partial charge in [0.2, 0.25) is 5.91 Å². The normalized spacial score (nSPS) is 14.8. The average Bonchev–Trinajstić information content (AvgIpc) is 2.99. The fraction of sp³-hybridized carbons (Fsp3) is 0.227. The van der Waals surface area contributed by atoms with Gasteiger partial charge in [0.1, 0.15) is 16.6 Å². The maximum absolute atomic E-state index is 12.8. The second kappa shape index (κ2) is 10.3. The third-order valence-corrected chi connectivity index (χ3v) is 5.58. The molecule has 7 nitrogen and oxygen atoms in total. The Morgan fingerprint density at radius 3 is 2.55 bits per heavy atom. The Kier molecular flexibility index (Phi) is 7.54. The summed E-state index contributed by atoms with van der Waals surface area (Å²) >= 11 is 6.42. The highest BCUT2D eigenvalue weighted by atomic mass is 32.2. The molecule has 0 saturated carbocycles. The zero-order chi connectivity index (χ0) is 22.4. The van der Waals surface area contributed by atoms with Gasteiger partial charge in [0.15, 0.2) is 11.5 Å². The highest BCUT2D eigenvalue weighted by Gasteiger charge is 2.33. The van der Waals surface area contributed by atoms with E-state index < -0.39 is 0 Å². The molecule has 1 aliphatic rings. The van der Waals surface area contributed by atoms with Gasteiger partial charge in [-0.05, 0) is 61.9 Å². The van der Waals surface area contributed by atoms with Crippen molar-refractivity contribution in [2.45, 2.75) is 13.8 Å². The van der Waals surface area contributed by atoms with Gasteiger partial charge >= 0.3 is 0 Å². The van der Waals surface area contributed by atoms with Gasteiger partial charge in [0.05, 0.1) is 18.1 Å². The molecule has 1 heterocycles. The number of phenols is 1. The number of hydrogen-bond donors (Lipinski definition) is 2. The molecule has 1 aliphatic heterocycles. The molecule has 2 N–H and O–H groups in total. The van der Waals surface area contributed by atoms with Crippen molar-refractivity contribution in [3.05, 3.63) is 52.9 Å². The standard InChI is InChI=1S/C22H22N2O5S2/c1-3-28-16-8-6-15(7-9-16)23-20(26)13-24-21(27)19(31-22(24)30)12-14-5-10-17(25)18(11-14)29-4-2/h5-12,25H,3-4,13H2,1-2H3,(H,23,26)/b19-12-. The van der Waals surface area contributed by atoms with E-state index in [0.717, 1.165) is 11.8 Å². The molecule has 9 heteroatoms. The van der Waals surface area contributed by atoms with Crippen LogP contribution < -0.4 is 14.8 Å². The molecular formula is C22H22N2O5S2. The second-order valence-electron chi connectivity index (χ2n) is 6.43. The molecule has 0 bridgehead atoms. The van der Waals surface area contributed by atoms with E-state index in [4.69, 9.17) is 21.7 Å². The molecule has 2 aromatic rings. The molecule has 3 rings (SSSR count). The van der Waals surface area contributed by atoms with Crippen molar-refractivity contribution < 1.29 is 24.2 Å². The van der Waals surface area contributed by atoms with Crippen molar-refractivity contribution in [3.8, 4) is 17.2 Å². The quantitative estimate of drug-likeness (QED) is 0.456. The fourth-order valence-corrected chi connectivity index (χ4v) is 4.08. The van der Waals surface area contributed by atoms with E-state index in [1.807, 2.05) is 13.8 Å². The lowest BCUT2D eigenvalue weighted by Gasteiger charge is -2.14. The number of nitrogens with zero attached hydrogens (tertiary/aromatic N) is 1. The second-order valence-corrected chi connectivity index (χ2v) is 8.11. The smallest absolute Gasteiger partial charge is 0.266 e. The van der Waals surface area contributed by atoms with Crippen molar-refractivity contribution in [2.75, 3.05) is 25.1 Å². The Morgan fingerprint density at radius 2 is 1.87 bits per heavy atom. The monoisotopic (exact) mass is 458 g/mol. The summed E-state index contributed by atoms with van der Waals surface area (Å²) in [7, 11) is 0. The highest BCUT2D eigenvalue weighted by molar-refractivity contribution is 8.26. The molecule has 1 fully saturated rings. The van der Waals surface area contributed by atoms with Crippen LogP contribution in [0.3, 0.4) is 0 Å². The third-order valence-electron chi connectivity index (χ3n) is 4.21. The van der Waals surface area contributed by atoms with Crippen LogP contribution >= 0.6 is 24.0 Å². The minimum absolute atomic E-state index is 0.0255. The van der Waals surface area contributed by atoms with Crippen LogP contribution in [0.5, 0.6) is 17.2 Å². The van der Waals surface area contributed by atoms with E-state index >= 15 is 0 Å². The van der Waals surface area contributed by atoms with E-state index in [2.05, 4.69) is 5.32 Å². The SMILES string of the molecule is CCOc1ccc(NC(=O)CN2C(=O)/C(=C/c3ccc(O)c(OCC)c3)SC2=S)cc1. The molecular weight excluding hydrogens is 436 g/mol. The summed E-state index contributed by atoms with van der Waals surface area (Å²) in [6.45, 7) is 4.49. The molecule has 0 aromatic heterocycles. The van der Waals surface area contributed by atoms with Crippen LogP contribution in [0.25, 0.3) is 6.08 Å². The van der Waals surface area contributed by atoms with Gasteiger partial charge in [0.25, 0.3) is 5.91 Å². The van der Waals surface area contributed by atoms with Gasteiger partial charge in [-0.25, -0.2) is 0 Å². The summed E-state index contributed by atoms with van der Waals surface area (Å²) in [5.74, 6) is 0.371. The summed E-state index contributed by atoms with van der Waals surface area (Å²) in [5, 5.41) is 12.6. The number of benzene rings is 2. The van der Waals surface area contributed by atoms with Crippen molar-refractivity contribution >= 4 is 51.9 Å². The van der Waals surface area contributed by atoms with Crippen molar-refractivity contribution in [2.24, 2.45) is 0 Å². The van der Waals surface area contributed by atoms with Crippen LogP contribution in [0.4, 0.5) is 5.69 Å². The lowest BCUT2D eigenvalue weighted by molar-refractivity contribution is -0.126. The number of aromatic hydroxyl groups is 1. The minimum Gasteiger partial charge on any atom is -0.504 e. The number of anilines is 1. The predicted octanol–water partition coefficient (Wildman–Crippen LogP) is 4.03. The molecule has 31 heavy (non-hydrogen) atoms. The van der Waals surface area contributed by atoms with Crippen LogP contribution in [-0.2, 0) is 9.59 Å². The number of thioether (sulfide) groups is 1. The zero-order valence-electron chi connectivity index (χ0n) is 17.1. The van der Waals surface area contributed by atoms with Crippen LogP contribution in [0.2, 0.25) is 0 Å². The Balaban J connectivity index is 1.66. The van der Waals surface area contributed by atoms with Gasteiger partial charge in [0, 0.05) is 5.69 Å². The number of carbonyl (C=O) groups is 2. The average molecular weight is 459 g/mol. The summed E-state index contributed by atoms with van der Waals surface area (Å²) < 4.78 is 11.1. The number of amides is 2. The van der Waals surface area contributed by atoms with Gasteiger partial charge in [-0.3, -0.25) is 14.5 Å². The van der Waals surface area contributed by atoms with E-state index in [9.17, 15) is 14.7 Å². The fourth-order valence-electron chi connectivity index (χ4n) is 2.82. The Morgan fingerprint density at radius 1 is 1.16 bits per heavy atom. The first-order valence-electron chi connectivity index (χ1n) is 9.65. The van der Waals surface area contributed by atoms with Gasteiger partial charge in [-0.2, -0.15) is 0 Å². The molecule has 162 valence electrons. The first-order valence-corrected chi connectivity index (χ1v) is 10.9. The maximum atomic E-state index is 12.8. The van der Waals surface area contributed by atoms with Gasteiger partial charge in [-0.15, -0.1) is 0 Å². The van der Waals surface area contributed by atoms with E-state index in [1.54, 1.807) is 42.5 Å². The van der Waals surface area contributed by atoms with Crippen LogP contribution in [0.1, 0.15) is 19.4 Å². The number of carbonyl (C=O) groups excluding carboxylic acids is 2. The molecule has 0 atom stereocenters. The Labute approximate surface area is 190 Å². The molecule has 2 amide bonds. The number of nitrogens with one attached hydrogen (secondary N) is 1. The van der Waals surface area contributed by atoms with Crippen molar-refractivity contribution in [3.63, 3.8) is 0 Å². The first kappa shape index (κ1) is 22.6. The van der Waals surface area contributed by atoms with Gasteiger partial charge < -0.3 is 19.9 Å². The predicted molar refractivity (Wildman–Crippen MR) is 125 cm³/mol. The first-order chi connectivity index (χ1) is 14.9. The summed E-state index contributed by atoms with van der Waals surface area (Å²) in [5.41, 5.74) is 1.28. The molecule has 0 unspecified atom stereocenters. The van der Waals surface area contributed by atoms with E-state index in [1.165, 1.54) is 11.0 Å². The van der Waals surface area contributed by atoms with Crippen LogP contribution in [0.15, 0.2) is 47.4 Å². The van der Waals surface area contributed by atoms with E-state index in [-0.39, 0.29) is 24.1 Å². The lowest BCUT2D eigenvalue weighted by atomic mass is 10.2. The number of thiocarbonyl (C=S) groups is 1. The minimum atomic E-state index is -0.357. The largest absolute Gasteiger partial charge is 0.504 e. The molecule has 1 saturated heterocycles. The number of rotatable bonds is 8. The Bertz CT molecular complexity index is 1020. The number of phenolic OH excluding ortho intramolecular Hbond substituents is 1. The highest BCUT2D eigenvalue weighted by Crippen LogP contribution is 2.34. The third kappa shape index (κ3) is 5.77. The number of ether oxygens (including phenoxy) is 2. The Hall–Kier alpha value is -3.04. The summed E-state index contributed by atoms with van der Waals surface area (Å²) in [6, 6.07) is 11.8. The topological polar surface area (TPSA) is 88.1 Å². The van der Waals surface area contributed by atoms with Crippen LogP contribution in [0, 0.1) is 0 Å². The summed E-state index contributed by atoms with van der Waals surface area (Å²) in [6.07, 6.45) is 1.66. The van der Waals surface area contributed by atoms with Crippen molar-refractivity contribution in [1.82, 2.24) is 4.90 Å². The molecule has 0 aliphatic carbocycles. The van der Waals surface area contributed by atoms with E-state index in [0.29, 0.717) is 45.2 Å². The lowest BCUT2D eigenvalue weighted by Crippen LogP contribution is -2.36. The van der Waals surface area contributed by atoms with Crippen molar-refractivity contribution in [1.29, 1.82) is 0 Å². The summed E-state index contributed by atoms with van der Waals surface area (Å²) in [4.78, 5) is 26.9. The number of hydrogen-bond acceptors (Lipinski definition) is 7. The molecule has 2 aromatic carbocycles. The van der Waals surface area contributed by atoms with Gasteiger partial charge in [-0.1, -0.05) is 30.0 Å². The van der Waals surface area contributed by atoms with Crippen LogP contribution in [-0.4, -0.2) is 45.9 Å². The molecule has 0 spiro atoms. The maximum Gasteiger partial charge on any atom is 0.266 e.